The molecule has 1 aliphatic rings. The molecule has 1 aliphatic heterocycles. The van der Waals surface area contributed by atoms with E-state index < -0.39 is 0 Å². The quantitative estimate of drug-likeness (QED) is 0.627. The Bertz CT molecular complexity index is 1040. The summed E-state index contributed by atoms with van der Waals surface area (Å²) in [6.07, 6.45) is 3.52. The number of nitrogens with two attached hydrogens (primary N) is 1. The minimum absolute atomic E-state index is 0.145. The first-order chi connectivity index (χ1) is 14.5. The fourth-order valence-corrected chi connectivity index (χ4v) is 4.26. The number of thiazole rings is 1. The average Bonchev–Trinajstić information content (AvgIpc) is 3.37. The van der Waals surface area contributed by atoms with Crippen LogP contribution in [0.25, 0.3) is 10.8 Å². The maximum Gasteiger partial charge on any atom is 0.230 e. The van der Waals surface area contributed by atoms with E-state index in [1.807, 2.05) is 36.6 Å². The topological polar surface area (TPSA) is 114 Å². The Morgan fingerprint density at radius 3 is 2.90 bits per heavy atom. The molecule has 0 aromatic carbocycles. The number of nitrogens with zero attached hydrogens (tertiary/aromatic N) is 3. The minimum atomic E-state index is -0.268. The van der Waals surface area contributed by atoms with Crippen LogP contribution in [0.5, 0.6) is 0 Å². The molecule has 1 saturated heterocycles. The van der Waals surface area contributed by atoms with Crippen LogP contribution in [0.4, 0.5) is 11.5 Å². The van der Waals surface area contributed by atoms with E-state index in [0.29, 0.717) is 23.7 Å². The molecule has 0 saturated carbocycles. The van der Waals surface area contributed by atoms with E-state index in [1.165, 1.54) is 11.3 Å². The number of rotatable bonds is 6. The molecular weight excluding hydrogens is 402 g/mol. The molecule has 30 heavy (non-hydrogen) atoms. The van der Waals surface area contributed by atoms with Crippen molar-refractivity contribution in [3.8, 4) is 10.8 Å². The first-order valence-corrected chi connectivity index (χ1v) is 10.7. The lowest BCUT2D eigenvalue weighted by molar-refractivity contribution is -0.122. The van der Waals surface area contributed by atoms with Crippen LogP contribution in [0.15, 0.2) is 40.3 Å². The highest BCUT2D eigenvalue weighted by Crippen LogP contribution is 2.26. The van der Waals surface area contributed by atoms with Gasteiger partial charge in [0.15, 0.2) is 10.8 Å². The fourth-order valence-electron chi connectivity index (χ4n) is 3.49. The van der Waals surface area contributed by atoms with Crippen LogP contribution in [0.1, 0.15) is 24.3 Å². The predicted octanol–water partition coefficient (Wildman–Crippen LogP) is 2.99. The van der Waals surface area contributed by atoms with Crippen LogP contribution in [-0.2, 0) is 16.0 Å². The maximum atomic E-state index is 12.4. The number of hydrogen-bond acceptors (Lipinski definition) is 7. The number of primary amides is 1. The molecule has 4 rings (SSSR count). The summed E-state index contributed by atoms with van der Waals surface area (Å²) in [4.78, 5) is 34.8. The predicted molar refractivity (Wildman–Crippen MR) is 115 cm³/mol. The van der Waals surface area contributed by atoms with Crippen LogP contribution in [-0.4, -0.2) is 34.9 Å². The highest BCUT2D eigenvalue weighted by Gasteiger charge is 2.24. The second-order valence-electron chi connectivity index (χ2n) is 7.37. The number of amides is 2. The number of carbonyl (C=O) groups excluding carboxylic acids is 2. The number of aryl methyl sites for hydroxylation is 1. The van der Waals surface area contributed by atoms with Crippen LogP contribution in [0.3, 0.4) is 0 Å². The van der Waals surface area contributed by atoms with E-state index in [2.05, 4.69) is 20.2 Å². The van der Waals surface area contributed by atoms with Crippen molar-refractivity contribution in [3.63, 3.8) is 0 Å². The zero-order valence-electron chi connectivity index (χ0n) is 16.6. The Hall–Kier alpha value is -3.20. The maximum absolute atomic E-state index is 12.4. The van der Waals surface area contributed by atoms with Crippen molar-refractivity contribution in [2.24, 2.45) is 11.7 Å². The van der Waals surface area contributed by atoms with Gasteiger partial charge in [-0.2, -0.15) is 0 Å². The number of piperidine rings is 1. The van der Waals surface area contributed by atoms with Crippen LogP contribution in [0, 0.1) is 12.8 Å². The van der Waals surface area contributed by atoms with E-state index in [1.54, 1.807) is 6.20 Å². The molecule has 8 nitrogen and oxygen atoms in total. The van der Waals surface area contributed by atoms with Crippen molar-refractivity contribution in [2.75, 3.05) is 23.3 Å². The molecule has 0 bridgehead atoms. The number of pyridine rings is 1. The van der Waals surface area contributed by atoms with Crippen molar-refractivity contribution in [3.05, 3.63) is 47.3 Å². The van der Waals surface area contributed by atoms with Gasteiger partial charge in [-0.05, 0) is 44.0 Å². The van der Waals surface area contributed by atoms with E-state index >= 15 is 0 Å². The van der Waals surface area contributed by atoms with Crippen molar-refractivity contribution < 1.29 is 14.0 Å². The summed E-state index contributed by atoms with van der Waals surface area (Å²) in [5.74, 6) is 1.73. The Labute approximate surface area is 178 Å². The van der Waals surface area contributed by atoms with Gasteiger partial charge in [-0.15, -0.1) is 11.3 Å². The Morgan fingerprint density at radius 1 is 1.33 bits per heavy atom. The third-order valence-corrected chi connectivity index (χ3v) is 5.93. The fraction of sp³-hybridized carbons (Fsp3) is 0.333. The normalized spacial score (nSPS) is 16.4. The lowest BCUT2D eigenvalue weighted by Crippen LogP contribution is -2.41. The second-order valence-corrected chi connectivity index (χ2v) is 8.23. The standard InChI is InChI=1S/C21H23N5O3S/c1-13-4-6-17(29-13)21-25-16(12-30-21)9-19(27)24-15-5-7-18(23-10-15)26-8-2-3-14(11-26)20(22)28/h4-7,10,12,14H,2-3,8-9,11H2,1H3,(H2,22,28)(H,24,27). The molecule has 4 heterocycles. The van der Waals surface area contributed by atoms with Gasteiger partial charge in [0.2, 0.25) is 11.8 Å². The van der Waals surface area contributed by atoms with Crippen molar-refractivity contribution in [2.45, 2.75) is 26.2 Å². The molecule has 156 valence electrons. The Balaban J connectivity index is 1.34. The molecule has 1 atom stereocenters. The number of anilines is 2. The molecule has 9 heteroatoms. The first kappa shape index (κ1) is 20.1. The first-order valence-electron chi connectivity index (χ1n) is 9.79. The van der Waals surface area contributed by atoms with Gasteiger partial charge in [0.05, 0.1) is 29.9 Å². The van der Waals surface area contributed by atoms with Gasteiger partial charge >= 0.3 is 0 Å². The van der Waals surface area contributed by atoms with E-state index in [0.717, 1.165) is 36.0 Å². The highest BCUT2D eigenvalue weighted by atomic mass is 32.1. The van der Waals surface area contributed by atoms with Gasteiger partial charge in [0.1, 0.15) is 11.6 Å². The lowest BCUT2D eigenvalue weighted by Gasteiger charge is -2.32. The van der Waals surface area contributed by atoms with Crippen LogP contribution in [0.2, 0.25) is 0 Å². The molecular formula is C21H23N5O3S. The Morgan fingerprint density at radius 2 is 2.20 bits per heavy atom. The van der Waals surface area contributed by atoms with E-state index in [4.69, 9.17) is 10.2 Å². The second kappa shape index (κ2) is 8.66. The summed E-state index contributed by atoms with van der Waals surface area (Å²) in [6.45, 7) is 3.30. The van der Waals surface area contributed by atoms with Crippen molar-refractivity contribution >= 4 is 34.7 Å². The third kappa shape index (κ3) is 4.68. The van der Waals surface area contributed by atoms with Gasteiger partial charge in [0.25, 0.3) is 0 Å². The van der Waals surface area contributed by atoms with E-state index in [-0.39, 0.29) is 24.2 Å². The molecule has 3 aromatic heterocycles. The Kier molecular flexibility index (Phi) is 5.80. The van der Waals surface area contributed by atoms with Crippen LogP contribution >= 0.6 is 11.3 Å². The SMILES string of the molecule is Cc1ccc(-c2nc(CC(=O)Nc3ccc(N4CCCC(C(N)=O)C4)nc3)cs2)o1. The van der Waals surface area contributed by atoms with Gasteiger partial charge in [-0.3, -0.25) is 9.59 Å². The number of furan rings is 1. The average molecular weight is 426 g/mol. The minimum Gasteiger partial charge on any atom is -0.459 e. The molecule has 0 aliphatic carbocycles. The molecule has 3 aromatic rings. The summed E-state index contributed by atoms with van der Waals surface area (Å²) < 4.78 is 5.57. The van der Waals surface area contributed by atoms with Gasteiger partial charge in [-0.1, -0.05) is 0 Å². The monoisotopic (exact) mass is 425 g/mol. The largest absolute Gasteiger partial charge is 0.459 e. The van der Waals surface area contributed by atoms with Gasteiger partial charge in [0, 0.05) is 18.5 Å². The van der Waals surface area contributed by atoms with Gasteiger partial charge in [-0.25, -0.2) is 9.97 Å². The molecule has 0 radical (unpaired) electrons. The van der Waals surface area contributed by atoms with Crippen molar-refractivity contribution in [1.82, 2.24) is 9.97 Å². The number of hydrogen-bond donors (Lipinski definition) is 2. The zero-order valence-corrected chi connectivity index (χ0v) is 17.4. The number of carbonyl (C=O) groups is 2. The zero-order chi connectivity index (χ0) is 21.1. The molecule has 0 spiro atoms. The summed E-state index contributed by atoms with van der Waals surface area (Å²) in [5.41, 5.74) is 6.75. The molecule has 1 fully saturated rings. The smallest absolute Gasteiger partial charge is 0.230 e. The molecule has 3 N–H and O–H groups in total. The molecule has 1 unspecified atom stereocenters. The summed E-state index contributed by atoms with van der Waals surface area (Å²) >= 11 is 1.45. The summed E-state index contributed by atoms with van der Waals surface area (Å²) in [5, 5.41) is 5.47. The molecule has 2 amide bonds. The van der Waals surface area contributed by atoms with Gasteiger partial charge < -0.3 is 20.4 Å². The van der Waals surface area contributed by atoms with Crippen LogP contribution < -0.4 is 16.0 Å². The number of aromatic nitrogens is 2. The van der Waals surface area contributed by atoms with Crippen molar-refractivity contribution in [1.29, 1.82) is 0 Å². The lowest BCUT2D eigenvalue weighted by atomic mass is 9.97. The summed E-state index contributed by atoms with van der Waals surface area (Å²) in [7, 11) is 0. The van der Waals surface area contributed by atoms with E-state index in [9.17, 15) is 9.59 Å². The summed E-state index contributed by atoms with van der Waals surface area (Å²) in [6, 6.07) is 7.42. The number of nitrogens with one attached hydrogen (secondary N) is 1. The highest BCUT2D eigenvalue weighted by molar-refractivity contribution is 7.13. The third-order valence-electron chi connectivity index (χ3n) is 5.02.